The average molecular weight is 448 g/mol. The summed E-state index contributed by atoms with van der Waals surface area (Å²) >= 11 is 6.09. The maximum Gasteiger partial charge on any atom is 0.433 e. The molecular weight excluding hydrogens is 430 g/mol. The van der Waals surface area contributed by atoms with Crippen LogP contribution in [0.2, 0.25) is 5.02 Å². The normalized spacial score (nSPS) is 12.6. The second-order valence-electron chi connectivity index (χ2n) is 7.24. The molecule has 2 aromatic heterocycles. The fraction of sp³-hybridized carbons (Fsp3) is 0.368. The van der Waals surface area contributed by atoms with Crippen molar-refractivity contribution in [1.29, 1.82) is 0 Å². The summed E-state index contributed by atoms with van der Waals surface area (Å²) in [4.78, 5) is 0. The molecule has 3 rings (SSSR count). The number of ether oxygens (including phenoxy) is 1. The number of rotatable bonds is 6. The van der Waals surface area contributed by atoms with Gasteiger partial charge >= 0.3 is 6.18 Å². The van der Waals surface area contributed by atoms with E-state index >= 15 is 0 Å². The first-order valence-electron chi connectivity index (χ1n) is 8.71. The molecule has 30 heavy (non-hydrogen) atoms. The number of aliphatic hydroxyl groups is 1. The smallest absolute Gasteiger partial charge is 0.389 e. The topological polar surface area (TPSA) is 73.3 Å². The van der Waals surface area contributed by atoms with E-state index in [0.29, 0.717) is 4.68 Å². The van der Waals surface area contributed by atoms with E-state index in [-0.39, 0.29) is 34.2 Å². The lowest BCUT2D eigenvalue weighted by atomic mass is 10.0. The zero-order valence-corrected chi connectivity index (χ0v) is 17.0. The van der Waals surface area contributed by atoms with Crippen molar-refractivity contribution in [3.63, 3.8) is 0 Å². The molecule has 0 spiro atoms. The first kappa shape index (κ1) is 22.3. The standard InChI is InChI=1S/C19H18ClF4N3O3/c1-18(2,28)9-27-17(19(22,23)24)10(7-25-27)16-11(8-29-3)15(26-30-16)14-12(20)5-4-6-13(14)21/h4-7,28H,8-9H2,1-3H3. The van der Waals surface area contributed by atoms with Crippen LogP contribution in [0.1, 0.15) is 25.1 Å². The van der Waals surface area contributed by atoms with Crippen molar-refractivity contribution in [1.82, 2.24) is 14.9 Å². The molecule has 1 N–H and O–H groups in total. The van der Waals surface area contributed by atoms with E-state index < -0.39 is 35.4 Å². The van der Waals surface area contributed by atoms with Crippen molar-refractivity contribution in [2.24, 2.45) is 0 Å². The molecule has 0 amide bonds. The van der Waals surface area contributed by atoms with Crippen LogP contribution in [0.4, 0.5) is 17.6 Å². The number of nitrogens with zero attached hydrogens (tertiary/aromatic N) is 3. The summed E-state index contributed by atoms with van der Waals surface area (Å²) < 4.78 is 66.9. The minimum absolute atomic E-state index is 0.0148. The third-order valence-electron chi connectivity index (χ3n) is 4.17. The summed E-state index contributed by atoms with van der Waals surface area (Å²) in [7, 11) is 1.33. The highest BCUT2D eigenvalue weighted by Crippen LogP contribution is 2.42. The number of hydrogen-bond donors (Lipinski definition) is 1. The Hall–Kier alpha value is -2.43. The van der Waals surface area contributed by atoms with Gasteiger partial charge in [-0.15, -0.1) is 0 Å². The molecule has 0 fully saturated rings. The van der Waals surface area contributed by atoms with E-state index in [0.717, 1.165) is 12.3 Å². The van der Waals surface area contributed by atoms with Gasteiger partial charge in [-0.05, 0) is 26.0 Å². The molecular formula is C19H18ClF4N3O3. The van der Waals surface area contributed by atoms with Crippen LogP contribution < -0.4 is 0 Å². The minimum Gasteiger partial charge on any atom is -0.389 e. The molecule has 6 nitrogen and oxygen atoms in total. The molecule has 0 atom stereocenters. The van der Waals surface area contributed by atoms with E-state index in [1.165, 1.54) is 33.1 Å². The largest absolute Gasteiger partial charge is 0.433 e. The molecule has 162 valence electrons. The number of halogens is 5. The molecule has 0 saturated heterocycles. The highest BCUT2D eigenvalue weighted by atomic mass is 35.5. The van der Waals surface area contributed by atoms with Crippen molar-refractivity contribution in [3.05, 3.63) is 46.5 Å². The van der Waals surface area contributed by atoms with Gasteiger partial charge in [-0.25, -0.2) is 4.39 Å². The molecule has 0 bridgehead atoms. The lowest BCUT2D eigenvalue weighted by molar-refractivity contribution is -0.144. The van der Waals surface area contributed by atoms with Gasteiger partial charge in [-0.3, -0.25) is 4.68 Å². The van der Waals surface area contributed by atoms with Gasteiger partial charge in [0.15, 0.2) is 11.5 Å². The van der Waals surface area contributed by atoms with Gasteiger partial charge in [0.2, 0.25) is 0 Å². The van der Waals surface area contributed by atoms with Crippen LogP contribution in [-0.4, -0.2) is 32.8 Å². The predicted octanol–water partition coefficient (Wildman–Crippen LogP) is 4.93. The second kappa shape index (κ2) is 8.01. The van der Waals surface area contributed by atoms with Crippen LogP contribution in [0.5, 0.6) is 0 Å². The maximum absolute atomic E-state index is 14.4. The maximum atomic E-state index is 14.4. The van der Waals surface area contributed by atoms with E-state index in [9.17, 15) is 22.7 Å². The van der Waals surface area contributed by atoms with Crippen LogP contribution in [0.3, 0.4) is 0 Å². The van der Waals surface area contributed by atoms with Gasteiger partial charge in [-0.1, -0.05) is 22.8 Å². The van der Waals surface area contributed by atoms with Crippen molar-refractivity contribution in [2.75, 3.05) is 7.11 Å². The molecule has 0 aliphatic heterocycles. The molecule has 0 aliphatic rings. The number of aromatic nitrogens is 3. The van der Waals surface area contributed by atoms with E-state index in [2.05, 4.69) is 10.3 Å². The fourth-order valence-electron chi connectivity index (χ4n) is 3.06. The third-order valence-corrected chi connectivity index (χ3v) is 4.48. The Morgan fingerprint density at radius 1 is 1.27 bits per heavy atom. The van der Waals surface area contributed by atoms with E-state index in [1.807, 2.05) is 0 Å². The number of benzene rings is 1. The second-order valence-corrected chi connectivity index (χ2v) is 7.65. The summed E-state index contributed by atoms with van der Waals surface area (Å²) in [6.45, 7) is 2.09. The Morgan fingerprint density at radius 2 is 1.97 bits per heavy atom. The molecule has 11 heteroatoms. The predicted molar refractivity (Wildman–Crippen MR) is 100 cm³/mol. The van der Waals surface area contributed by atoms with Crippen molar-refractivity contribution < 1.29 is 31.9 Å². The fourth-order valence-corrected chi connectivity index (χ4v) is 3.31. The molecule has 2 heterocycles. The lowest BCUT2D eigenvalue weighted by Crippen LogP contribution is -2.29. The summed E-state index contributed by atoms with van der Waals surface area (Å²) in [6.07, 6.45) is -3.86. The minimum atomic E-state index is -4.82. The zero-order valence-electron chi connectivity index (χ0n) is 16.2. The van der Waals surface area contributed by atoms with Crippen LogP contribution in [0.25, 0.3) is 22.6 Å². The summed E-state index contributed by atoms with van der Waals surface area (Å²) in [6, 6.07) is 3.96. The molecule has 3 aromatic rings. The van der Waals surface area contributed by atoms with Crippen LogP contribution in [0, 0.1) is 5.82 Å². The van der Waals surface area contributed by atoms with Gasteiger partial charge in [0, 0.05) is 7.11 Å². The number of methoxy groups -OCH3 is 1. The SMILES string of the molecule is COCc1c(-c2c(F)cccc2Cl)noc1-c1cnn(CC(C)(C)O)c1C(F)(F)F. The van der Waals surface area contributed by atoms with Crippen molar-refractivity contribution in [2.45, 2.75) is 38.8 Å². The van der Waals surface area contributed by atoms with Gasteiger partial charge in [0.25, 0.3) is 0 Å². The van der Waals surface area contributed by atoms with Crippen LogP contribution in [-0.2, 0) is 24.1 Å². The number of hydrogen-bond acceptors (Lipinski definition) is 5. The van der Waals surface area contributed by atoms with Crippen LogP contribution >= 0.6 is 11.6 Å². The van der Waals surface area contributed by atoms with Crippen molar-refractivity contribution in [3.8, 4) is 22.6 Å². The summed E-state index contributed by atoms with van der Waals surface area (Å²) in [5.74, 6) is -0.992. The van der Waals surface area contributed by atoms with Gasteiger partial charge in [0.05, 0.1) is 46.7 Å². The first-order chi connectivity index (χ1) is 13.9. The number of alkyl halides is 3. The highest BCUT2D eigenvalue weighted by molar-refractivity contribution is 6.33. The Labute approximate surface area is 174 Å². The molecule has 1 aromatic carbocycles. The van der Waals surface area contributed by atoms with Gasteiger partial charge < -0.3 is 14.4 Å². The summed E-state index contributed by atoms with van der Waals surface area (Å²) in [5, 5.41) is 17.5. The van der Waals surface area contributed by atoms with E-state index in [4.69, 9.17) is 20.9 Å². The van der Waals surface area contributed by atoms with Gasteiger partial charge in [-0.2, -0.15) is 18.3 Å². The Balaban J connectivity index is 2.24. The lowest BCUT2D eigenvalue weighted by Gasteiger charge is -2.20. The Morgan fingerprint density at radius 3 is 2.53 bits per heavy atom. The Bertz CT molecular complexity index is 1030. The summed E-state index contributed by atoms with van der Waals surface area (Å²) in [5.41, 5.74) is -3.10. The van der Waals surface area contributed by atoms with Crippen LogP contribution in [0.15, 0.2) is 28.9 Å². The molecule has 0 radical (unpaired) electrons. The Kier molecular flexibility index (Phi) is 5.94. The highest BCUT2D eigenvalue weighted by Gasteiger charge is 2.41. The van der Waals surface area contributed by atoms with Gasteiger partial charge in [0.1, 0.15) is 11.5 Å². The monoisotopic (exact) mass is 447 g/mol. The average Bonchev–Trinajstić information content (AvgIpc) is 3.18. The molecule has 0 unspecified atom stereocenters. The molecule has 0 saturated carbocycles. The molecule has 0 aliphatic carbocycles. The first-order valence-corrected chi connectivity index (χ1v) is 9.09. The quantitative estimate of drug-likeness (QED) is 0.542. The van der Waals surface area contributed by atoms with Crippen molar-refractivity contribution >= 4 is 11.6 Å². The zero-order chi connectivity index (χ0) is 22.3. The van der Waals surface area contributed by atoms with E-state index in [1.54, 1.807) is 0 Å². The third kappa shape index (κ3) is 4.35.